The molecule has 0 aromatic carbocycles. The Hall–Kier alpha value is -0.380. The quantitative estimate of drug-likeness (QED) is 0.656. The highest BCUT2D eigenvalue weighted by Crippen LogP contribution is 2.65. The van der Waals surface area contributed by atoms with Crippen molar-refractivity contribution in [3.05, 3.63) is 11.6 Å². The largest absolute Gasteiger partial charge is 0.390 e. The van der Waals surface area contributed by atoms with Crippen LogP contribution in [0.25, 0.3) is 0 Å². The molecule has 0 heterocycles. The standard InChI is InChI=1S/C25H42O3/c1-16(2)21(26)15-28-22-9-8-19-18-7-6-17-14-23(3,27)12-13-24(17,4)20(18)10-11-25(19,22)5/h6,16,18-22,26-27H,7-15H2,1-5H3/t18?,19?,20?,21?,22-,23-,24-,25-/m0/s1. The molecule has 3 fully saturated rings. The molecule has 28 heavy (non-hydrogen) atoms. The third-order valence-corrected chi connectivity index (χ3v) is 9.53. The summed E-state index contributed by atoms with van der Waals surface area (Å²) >= 11 is 0. The first kappa shape index (κ1) is 20.9. The second-order valence-corrected chi connectivity index (χ2v) is 11.7. The SMILES string of the molecule is CC(C)C(O)CO[C@H]1CCC2C3CC=C4C[C@@](C)(O)CC[C@]4(C)C3CC[C@@]21C. The molecule has 3 saturated carbocycles. The molecule has 160 valence electrons. The van der Waals surface area contributed by atoms with E-state index in [0.717, 1.165) is 43.4 Å². The Labute approximate surface area is 171 Å². The molecule has 3 heteroatoms. The summed E-state index contributed by atoms with van der Waals surface area (Å²) in [6.45, 7) is 11.6. The second kappa shape index (κ2) is 7.10. The van der Waals surface area contributed by atoms with E-state index in [1.807, 2.05) is 6.92 Å². The topological polar surface area (TPSA) is 49.7 Å². The average molecular weight is 391 g/mol. The molecule has 4 aliphatic rings. The van der Waals surface area contributed by atoms with E-state index in [-0.39, 0.29) is 17.4 Å². The molecule has 2 N–H and O–H groups in total. The molecule has 4 aliphatic carbocycles. The van der Waals surface area contributed by atoms with Gasteiger partial charge < -0.3 is 14.9 Å². The van der Waals surface area contributed by atoms with E-state index < -0.39 is 5.60 Å². The number of allylic oxidation sites excluding steroid dienone is 1. The lowest BCUT2D eigenvalue weighted by Gasteiger charge is -2.58. The Morgan fingerprint density at radius 2 is 1.82 bits per heavy atom. The monoisotopic (exact) mass is 390 g/mol. The summed E-state index contributed by atoms with van der Waals surface area (Å²) < 4.78 is 6.34. The summed E-state index contributed by atoms with van der Waals surface area (Å²) in [5.74, 6) is 2.52. The van der Waals surface area contributed by atoms with Gasteiger partial charge in [0.25, 0.3) is 0 Å². The van der Waals surface area contributed by atoms with Gasteiger partial charge in [-0.3, -0.25) is 0 Å². The van der Waals surface area contributed by atoms with Crippen molar-refractivity contribution < 1.29 is 14.9 Å². The highest BCUT2D eigenvalue weighted by atomic mass is 16.5. The van der Waals surface area contributed by atoms with Gasteiger partial charge in [-0.15, -0.1) is 0 Å². The van der Waals surface area contributed by atoms with Crippen molar-refractivity contribution in [3.8, 4) is 0 Å². The zero-order chi connectivity index (χ0) is 20.3. The predicted molar refractivity (Wildman–Crippen MR) is 113 cm³/mol. The zero-order valence-corrected chi connectivity index (χ0v) is 18.7. The van der Waals surface area contributed by atoms with Gasteiger partial charge in [-0.2, -0.15) is 0 Å². The lowest BCUT2D eigenvalue weighted by atomic mass is 9.47. The Kier molecular flexibility index (Phi) is 5.29. The number of hydrogen-bond donors (Lipinski definition) is 2. The Morgan fingerprint density at radius 1 is 1.07 bits per heavy atom. The highest BCUT2D eigenvalue weighted by molar-refractivity contribution is 5.26. The smallest absolute Gasteiger partial charge is 0.0796 e. The van der Waals surface area contributed by atoms with E-state index in [4.69, 9.17) is 4.74 Å². The zero-order valence-electron chi connectivity index (χ0n) is 18.7. The number of aliphatic hydroxyl groups is 2. The van der Waals surface area contributed by atoms with Gasteiger partial charge in [0, 0.05) is 0 Å². The highest BCUT2D eigenvalue weighted by Gasteiger charge is 2.59. The normalized spacial score (nSPS) is 49.2. The van der Waals surface area contributed by atoms with Gasteiger partial charge in [-0.05, 0) is 92.8 Å². The first-order valence-electron chi connectivity index (χ1n) is 11.8. The van der Waals surface area contributed by atoms with Crippen LogP contribution in [0.5, 0.6) is 0 Å². The van der Waals surface area contributed by atoms with Crippen LogP contribution in [0.4, 0.5) is 0 Å². The van der Waals surface area contributed by atoms with E-state index in [2.05, 4.69) is 33.8 Å². The van der Waals surface area contributed by atoms with Gasteiger partial charge in [0.2, 0.25) is 0 Å². The van der Waals surface area contributed by atoms with Gasteiger partial charge in [0.05, 0.1) is 24.4 Å². The van der Waals surface area contributed by atoms with Crippen LogP contribution in [0.3, 0.4) is 0 Å². The maximum atomic E-state index is 10.6. The third kappa shape index (κ3) is 3.30. The van der Waals surface area contributed by atoms with Gasteiger partial charge in [0.1, 0.15) is 0 Å². The summed E-state index contributed by atoms with van der Waals surface area (Å²) in [7, 11) is 0. The van der Waals surface area contributed by atoms with E-state index in [1.54, 1.807) is 5.57 Å². The molecular weight excluding hydrogens is 348 g/mol. The van der Waals surface area contributed by atoms with Crippen LogP contribution in [0.2, 0.25) is 0 Å². The van der Waals surface area contributed by atoms with E-state index in [9.17, 15) is 10.2 Å². The van der Waals surface area contributed by atoms with Crippen LogP contribution in [0, 0.1) is 34.5 Å². The molecule has 0 saturated heterocycles. The molecule has 8 atom stereocenters. The Balaban J connectivity index is 1.51. The molecule has 0 aromatic rings. The molecule has 0 aromatic heterocycles. The fraction of sp³-hybridized carbons (Fsp3) is 0.920. The molecule has 4 rings (SSSR count). The van der Waals surface area contributed by atoms with Crippen LogP contribution in [-0.2, 0) is 4.74 Å². The van der Waals surface area contributed by atoms with Crippen molar-refractivity contribution >= 4 is 0 Å². The lowest BCUT2D eigenvalue weighted by Crippen LogP contribution is -2.52. The molecule has 0 radical (unpaired) electrons. The van der Waals surface area contributed by atoms with Crippen molar-refractivity contribution in [3.63, 3.8) is 0 Å². The van der Waals surface area contributed by atoms with Crippen molar-refractivity contribution in [1.29, 1.82) is 0 Å². The Bertz CT molecular complexity index is 623. The van der Waals surface area contributed by atoms with Gasteiger partial charge in [0.15, 0.2) is 0 Å². The molecule has 0 spiro atoms. The summed E-state index contributed by atoms with van der Waals surface area (Å²) in [5, 5.41) is 20.8. The van der Waals surface area contributed by atoms with Gasteiger partial charge in [-0.1, -0.05) is 39.3 Å². The summed E-state index contributed by atoms with van der Waals surface area (Å²) in [5.41, 5.74) is 1.59. The predicted octanol–water partition coefficient (Wildman–Crippen LogP) is 5.10. The maximum Gasteiger partial charge on any atom is 0.0796 e. The minimum atomic E-state index is -0.509. The average Bonchev–Trinajstić information content (AvgIpc) is 2.96. The van der Waals surface area contributed by atoms with Crippen molar-refractivity contribution in [1.82, 2.24) is 0 Å². The minimum Gasteiger partial charge on any atom is -0.390 e. The fourth-order valence-corrected chi connectivity index (χ4v) is 7.44. The first-order valence-corrected chi connectivity index (χ1v) is 11.8. The maximum absolute atomic E-state index is 10.6. The second-order valence-electron chi connectivity index (χ2n) is 11.7. The van der Waals surface area contributed by atoms with Crippen LogP contribution in [0.1, 0.15) is 86.0 Å². The lowest BCUT2D eigenvalue weighted by molar-refractivity contribution is -0.113. The van der Waals surface area contributed by atoms with Gasteiger partial charge in [-0.25, -0.2) is 0 Å². The number of aliphatic hydroxyl groups excluding tert-OH is 1. The van der Waals surface area contributed by atoms with Crippen molar-refractivity contribution in [2.45, 2.75) is 104 Å². The molecule has 0 bridgehead atoms. The fourth-order valence-electron chi connectivity index (χ4n) is 7.44. The number of hydrogen-bond acceptors (Lipinski definition) is 3. The summed E-state index contributed by atoms with van der Waals surface area (Å²) in [6, 6.07) is 0. The summed E-state index contributed by atoms with van der Waals surface area (Å²) in [6.07, 6.45) is 11.6. The van der Waals surface area contributed by atoms with E-state index in [1.165, 1.54) is 25.7 Å². The number of rotatable bonds is 4. The van der Waals surface area contributed by atoms with Crippen molar-refractivity contribution in [2.24, 2.45) is 34.5 Å². The first-order chi connectivity index (χ1) is 13.1. The van der Waals surface area contributed by atoms with Crippen LogP contribution >= 0.6 is 0 Å². The summed E-state index contributed by atoms with van der Waals surface area (Å²) in [4.78, 5) is 0. The third-order valence-electron chi connectivity index (χ3n) is 9.53. The van der Waals surface area contributed by atoms with Crippen LogP contribution < -0.4 is 0 Å². The molecule has 0 aliphatic heterocycles. The molecule has 4 unspecified atom stereocenters. The van der Waals surface area contributed by atoms with Gasteiger partial charge >= 0.3 is 0 Å². The van der Waals surface area contributed by atoms with Crippen molar-refractivity contribution in [2.75, 3.05) is 6.61 Å². The molecule has 3 nitrogen and oxygen atoms in total. The Morgan fingerprint density at radius 3 is 2.54 bits per heavy atom. The van der Waals surface area contributed by atoms with E-state index >= 15 is 0 Å². The van der Waals surface area contributed by atoms with Crippen LogP contribution in [-0.4, -0.2) is 34.6 Å². The van der Waals surface area contributed by atoms with Crippen LogP contribution in [0.15, 0.2) is 11.6 Å². The minimum absolute atomic E-state index is 0.256. The molecule has 0 amide bonds. The number of ether oxygens (including phenoxy) is 1. The molecular formula is C25H42O3. The number of fused-ring (bicyclic) bond motifs is 5. The van der Waals surface area contributed by atoms with E-state index in [0.29, 0.717) is 18.1 Å².